The minimum absolute atomic E-state index is 0.0212. The fourth-order valence-corrected chi connectivity index (χ4v) is 3.27. The lowest BCUT2D eigenvalue weighted by Gasteiger charge is -2.22. The first-order chi connectivity index (χ1) is 14.4. The van der Waals surface area contributed by atoms with Crippen LogP contribution in [0.5, 0.6) is 11.5 Å². The summed E-state index contributed by atoms with van der Waals surface area (Å²) in [4.78, 5) is 33.3. The Morgan fingerprint density at radius 1 is 1.17 bits per heavy atom. The van der Waals surface area contributed by atoms with Gasteiger partial charge in [-0.25, -0.2) is 4.79 Å². The number of fused-ring (bicyclic) bond motifs is 1. The summed E-state index contributed by atoms with van der Waals surface area (Å²) in [5, 5.41) is 10.6. The number of nitrogens with zero attached hydrogens (tertiary/aromatic N) is 4. The molecule has 0 aliphatic heterocycles. The first-order valence-electron chi connectivity index (χ1n) is 9.78. The minimum Gasteiger partial charge on any atom is -0.497 e. The maximum Gasteiger partial charge on any atom is 0.329 e. The van der Waals surface area contributed by atoms with E-state index in [0.29, 0.717) is 30.5 Å². The summed E-state index contributed by atoms with van der Waals surface area (Å²) in [5.74, 6) is 1.82. The van der Waals surface area contributed by atoms with Crippen molar-refractivity contribution >= 4 is 17.1 Å². The van der Waals surface area contributed by atoms with Gasteiger partial charge in [0.05, 0.1) is 13.7 Å². The highest BCUT2D eigenvalue weighted by atomic mass is 16.5. The summed E-state index contributed by atoms with van der Waals surface area (Å²) in [6.07, 6.45) is -0.907. The number of ether oxygens (including phenoxy) is 2. The van der Waals surface area contributed by atoms with Crippen LogP contribution < -0.4 is 25.6 Å². The van der Waals surface area contributed by atoms with E-state index in [-0.39, 0.29) is 24.3 Å². The molecule has 3 rings (SSSR count). The molecule has 0 spiro atoms. The van der Waals surface area contributed by atoms with Crippen LogP contribution in [0.2, 0.25) is 0 Å². The van der Waals surface area contributed by atoms with Crippen molar-refractivity contribution in [1.82, 2.24) is 19.1 Å². The van der Waals surface area contributed by atoms with Crippen LogP contribution in [0.25, 0.3) is 11.2 Å². The quantitative estimate of drug-likeness (QED) is 0.527. The Bertz CT molecular complexity index is 1110. The monoisotopic (exact) mass is 417 g/mol. The van der Waals surface area contributed by atoms with Gasteiger partial charge in [0.2, 0.25) is 5.95 Å². The number of aromatic amines is 1. The third-order valence-corrected chi connectivity index (χ3v) is 4.93. The van der Waals surface area contributed by atoms with Crippen LogP contribution >= 0.6 is 0 Å². The highest BCUT2D eigenvalue weighted by Crippen LogP contribution is 2.21. The Hall–Kier alpha value is -3.27. The molecular formula is C20H27N5O5. The van der Waals surface area contributed by atoms with Gasteiger partial charge in [-0.15, -0.1) is 0 Å². The Balaban J connectivity index is 1.91. The van der Waals surface area contributed by atoms with Gasteiger partial charge in [-0.1, -0.05) is 0 Å². The number of anilines is 1. The summed E-state index contributed by atoms with van der Waals surface area (Å²) in [6, 6.07) is 7.03. The van der Waals surface area contributed by atoms with Gasteiger partial charge in [0.15, 0.2) is 11.2 Å². The van der Waals surface area contributed by atoms with E-state index in [9.17, 15) is 14.7 Å². The van der Waals surface area contributed by atoms with Gasteiger partial charge in [0.1, 0.15) is 24.2 Å². The first kappa shape index (κ1) is 21.4. The molecule has 10 nitrogen and oxygen atoms in total. The molecule has 162 valence electrons. The molecule has 0 fully saturated rings. The number of aliphatic hydroxyl groups excluding tert-OH is 1. The maximum absolute atomic E-state index is 12.5. The molecule has 10 heteroatoms. The van der Waals surface area contributed by atoms with Crippen LogP contribution in [-0.2, 0) is 13.6 Å². The standard InChI is InChI=1S/C20H27N5O5/c1-5-24(6-2)19-21-17-16(18(27)22-20(28)23(17)3)25(19)11-13(26)12-30-15-9-7-14(29-4)8-10-15/h7-10,13,26H,5-6,11-12H2,1-4H3,(H,22,27,28). The second kappa shape index (κ2) is 9.04. The molecule has 3 aromatic rings. The van der Waals surface area contributed by atoms with E-state index in [4.69, 9.17) is 9.47 Å². The van der Waals surface area contributed by atoms with E-state index in [0.717, 1.165) is 0 Å². The molecular weight excluding hydrogens is 390 g/mol. The molecule has 1 unspecified atom stereocenters. The third kappa shape index (κ3) is 4.18. The number of aliphatic hydroxyl groups is 1. The SMILES string of the molecule is CCN(CC)c1nc2c(c(=O)[nH]c(=O)n2C)n1CC(O)COc1ccc(OC)cc1. The predicted molar refractivity (Wildman–Crippen MR) is 114 cm³/mol. The lowest BCUT2D eigenvalue weighted by atomic mass is 10.3. The van der Waals surface area contributed by atoms with Crippen molar-refractivity contribution in [3.05, 3.63) is 45.1 Å². The first-order valence-corrected chi connectivity index (χ1v) is 9.78. The summed E-state index contributed by atoms with van der Waals surface area (Å²) >= 11 is 0. The molecule has 0 aliphatic rings. The lowest BCUT2D eigenvalue weighted by Crippen LogP contribution is -2.32. The van der Waals surface area contributed by atoms with Crippen molar-refractivity contribution in [3.8, 4) is 11.5 Å². The average Bonchev–Trinajstić information content (AvgIpc) is 3.11. The smallest absolute Gasteiger partial charge is 0.329 e. The number of methoxy groups -OCH3 is 1. The molecule has 0 saturated heterocycles. The molecule has 1 aromatic carbocycles. The zero-order valence-electron chi connectivity index (χ0n) is 17.6. The molecule has 30 heavy (non-hydrogen) atoms. The fourth-order valence-electron chi connectivity index (χ4n) is 3.27. The van der Waals surface area contributed by atoms with E-state index >= 15 is 0 Å². The van der Waals surface area contributed by atoms with Gasteiger partial charge in [-0.2, -0.15) is 4.98 Å². The van der Waals surface area contributed by atoms with E-state index in [1.54, 1.807) is 43.0 Å². The zero-order valence-corrected chi connectivity index (χ0v) is 17.6. The van der Waals surface area contributed by atoms with E-state index in [2.05, 4.69) is 9.97 Å². The van der Waals surface area contributed by atoms with Gasteiger partial charge < -0.3 is 24.0 Å². The number of hydrogen-bond donors (Lipinski definition) is 2. The third-order valence-electron chi connectivity index (χ3n) is 4.93. The van der Waals surface area contributed by atoms with Crippen LogP contribution in [0.3, 0.4) is 0 Å². The minimum atomic E-state index is -0.907. The van der Waals surface area contributed by atoms with Crippen LogP contribution in [0.1, 0.15) is 13.8 Å². The molecule has 0 bridgehead atoms. The highest BCUT2D eigenvalue weighted by Gasteiger charge is 2.22. The summed E-state index contributed by atoms with van der Waals surface area (Å²) in [6.45, 7) is 5.36. The second-order valence-electron chi connectivity index (χ2n) is 6.83. The highest BCUT2D eigenvalue weighted by molar-refractivity contribution is 5.74. The van der Waals surface area contributed by atoms with Crippen LogP contribution in [0, 0.1) is 0 Å². The normalized spacial score (nSPS) is 12.2. The van der Waals surface area contributed by atoms with Gasteiger partial charge >= 0.3 is 5.69 Å². The van der Waals surface area contributed by atoms with Crippen molar-refractivity contribution < 1.29 is 14.6 Å². The van der Waals surface area contributed by atoms with Gasteiger partial charge in [-0.05, 0) is 38.1 Å². The molecule has 2 N–H and O–H groups in total. The summed E-state index contributed by atoms with van der Waals surface area (Å²) in [5.41, 5.74) is -0.565. The average molecular weight is 417 g/mol. The largest absolute Gasteiger partial charge is 0.497 e. The van der Waals surface area contributed by atoms with E-state index in [1.165, 1.54) is 4.57 Å². The second-order valence-corrected chi connectivity index (χ2v) is 6.83. The van der Waals surface area contributed by atoms with Crippen LogP contribution in [-0.4, -0.2) is 57.1 Å². The van der Waals surface area contributed by atoms with Crippen molar-refractivity contribution in [2.75, 3.05) is 31.7 Å². The van der Waals surface area contributed by atoms with Crippen molar-refractivity contribution in [1.29, 1.82) is 0 Å². The Morgan fingerprint density at radius 2 is 1.80 bits per heavy atom. The number of rotatable bonds is 9. The number of aryl methyl sites for hydroxylation is 1. The molecule has 1 atom stereocenters. The predicted octanol–water partition coefficient (Wildman–Crippen LogP) is 0.718. The number of aromatic nitrogens is 4. The van der Waals surface area contributed by atoms with Crippen LogP contribution in [0.4, 0.5) is 5.95 Å². The van der Waals surface area contributed by atoms with Gasteiger partial charge in [0.25, 0.3) is 5.56 Å². The maximum atomic E-state index is 12.5. The number of nitrogens with one attached hydrogen (secondary N) is 1. The fraction of sp³-hybridized carbons (Fsp3) is 0.450. The lowest BCUT2D eigenvalue weighted by molar-refractivity contribution is 0.0936. The van der Waals surface area contributed by atoms with Gasteiger partial charge in [-0.3, -0.25) is 14.3 Å². The molecule has 0 aliphatic carbocycles. The number of imidazole rings is 1. The summed E-state index contributed by atoms with van der Waals surface area (Å²) in [7, 11) is 3.13. The van der Waals surface area contributed by atoms with Crippen LogP contribution in [0.15, 0.2) is 33.9 Å². The number of benzene rings is 1. The molecule has 2 heterocycles. The van der Waals surface area contributed by atoms with E-state index < -0.39 is 17.4 Å². The zero-order chi connectivity index (χ0) is 21.8. The Labute approximate surface area is 173 Å². The molecule has 0 saturated carbocycles. The summed E-state index contributed by atoms with van der Waals surface area (Å²) < 4.78 is 13.7. The topological polar surface area (TPSA) is 115 Å². The van der Waals surface area contributed by atoms with Crippen molar-refractivity contribution in [3.63, 3.8) is 0 Å². The Morgan fingerprint density at radius 3 is 2.40 bits per heavy atom. The molecule has 0 radical (unpaired) electrons. The Kier molecular flexibility index (Phi) is 6.46. The van der Waals surface area contributed by atoms with Crippen molar-refractivity contribution in [2.24, 2.45) is 7.05 Å². The number of hydrogen-bond acceptors (Lipinski definition) is 7. The van der Waals surface area contributed by atoms with Crippen molar-refractivity contribution in [2.45, 2.75) is 26.5 Å². The molecule has 0 amide bonds. The van der Waals surface area contributed by atoms with E-state index in [1.807, 2.05) is 18.7 Å². The van der Waals surface area contributed by atoms with Gasteiger partial charge in [0, 0.05) is 20.1 Å². The number of H-pyrrole nitrogens is 1. The molecule has 2 aromatic heterocycles.